The van der Waals surface area contributed by atoms with Crippen LogP contribution in [0.2, 0.25) is 0 Å². The van der Waals surface area contributed by atoms with Crippen molar-refractivity contribution in [3.05, 3.63) is 34.7 Å². The van der Waals surface area contributed by atoms with Crippen molar-refractivity contribution in [2.24, 2.45) is 0 Å². The Morgan fingerprint density at radius 2 is 2.10 bits per heavy atom. The van der Waals surface area contributed by atoms with Gasteiger partial charge in [0.15, 0.2) is 0 Å². The van der Waals surface area contributed by atoms with E-state index < -0.39 is 12.2 Å². The molecule has 1 heterocycles. The molecular formula is C14H16FN3OS. The van der Waals surface area contributed by atoms with Crippen molar-refractivity contribution >= 4 is 17.4 Å². The highest BCUT2D eigenvalue weighted by molar-refractivity contribution is 7.08. The van der Waals surface area contributed by atoms with Gasteiger partial charge >= 0.3 is 0 Å². The van der Waals surface area contributed by atoms with Gasteiger partial charge in [-0.25, -0.2) is 4.39 Å². The Labute approximate surface area is 121 Å². The van der Waals surface area contributed by atoms with Crippen LogP contribution in [0.4, 0.5) is 4.39 Å². The minimum absolute atomic E-state index is 0.346. The van der Waals surface area contributed by atoms with Crippen LogP contribution < -0.4 is 5.32 Å². The van der Waals surface area contributed by atoms with Gasteiger partial charge in [-0.2, -0.15) is 0 Å². The number of aromatic nitrogens is 2. The minimum Gasteiger partial charge on any atom is -0.344 e. The highest BCUT2D eigenvalue weighted by atomic mass is 32.1. The minimum atomic E-state index is -0.899. The molecule has 0 unspecified atom stereocenters. The summed E-state index contributed by atoms with van der Waals surface area (Å²) in [4.78, 5) is 12.6. The van der Waals surface area contributed by atoms with Crippen molar-refractivity contribution in [3.8, 4) is 11.3 Å². The molecule has 1 amide bonds. The monoisotopic (exact) mass is 293 g/mol. The van der Waals surface area contributed by atoms with Crippen molar-refractivity contribution in [2.75, 3.05) is 6.67 Å². The first-order valence-corrected chi connectivity index (χ1v) is 6.99. The summed E-state index contributed by atoms with van der Waals surface area (Å²) >= 11 is 1.02. The van der Waals surface area contributed by atoms with E-state index in [4.69, 9.17) is 0 Å². The van der Waals surface area contributed by atoms with Gasteiger partial charge in [0, 0.05) is 5.56 Å². The van der Waals surface area contributed by atoms with Crippen molar-refractivity contribution in [3.63, 3.8) is 0 Å². The number of alkyl halides is 1. The zero-order valence-electron chi connectivity index (χ0n) is 11.6. The molecule has 2 aromatic rings. The topological polar surface area (TPSA) is 54.9 Å². The normalized spacial score (nSPS) is 11.4. The Bertz CT molecular complexity index is 624. The van der Waals surface area contributed by atoms with E-state index >= 15 is 0 Å². The van der Waals surface area contributed by atoms with Gasteiger partial charge in [-0.1, -0.05) is 28.8 Å². The molecule has 0 aliphatic rings. The second kappa shape index (κ2) is 5.66. The third-order valence-electron chi connectivity index (χ3n) is 2.88. The van der Waals surface area contributed by atoms with Gasteiger partial charge in [0.05, 0.1) is 5.54 Å². The summed E-state index contributed by atoms with van der Waals surface area (Å²) in [5.74, 6) is -0.346. The maximum absolute atomic E-state index is 12.8. The third kappa shape index (κ3) is 3.01. The van der Waals surface area contributed by atoms with Gasteiger partial charge in [-0.05, 0) is 37.9 Å². The van der Waals surface area contributed by atoms with E-state index in [1.807, 2.05) is 31.2 Å². The Balaban J connectivity index is 2.35. The SMILES string of the molecule is Cc1ccccc1-c1nnsc1C(=O)NC(C)(C)CF. The van der Waals surface area contributed by atoms with Gasteiger partial charge in [0.25, 0.3) is 5.91 Å². The van der Waals surface area contributed by atoms with Gasteiger partial charge in [-0.3, -0.25) is 4.79 Å². The fourth-order valence-electron chi connectivity index (χ4n) is 1.75. The Kier molecular flexibility index (Phi) is 4.13. The van der Waals surface area contributed by atoms with Crippen LogP contribution in [-0.4, -0.2) is 27.7 Å². The molecule has 0 saturated heterocycles. The van der Waals surface area contributed by atoms with E-state index in [0.717, 1.165) is 22.7 Å². The van der Waals surface area contributed by atoms with Gasteiger partial charge in [0.1, 0.15) is 17.2 Å². The highest BCUT2D eigenvalue weighted by Gasteiger charge is 2.25. The molecule has 106 valence electrons. The largest absolute Gasteiger partial charge is 0.344 e. The lowest BCUT2D eigenvalue weighted by atomic mass is 10.0. The smallest absolute Gasteiger partial charge is 0.265 e. The van der Waals surface area contributed by atoms with E-state index in [9.17, 15) is 9.18 Å². The molecule has 2 rings (SSSR count). The summed E-state index contributed by atoms with van der Waals surface area (Å²) in [5.41, 5.74) is 1.52. The summed E-state index contributed by atoms with van der Waals surface area (Å²) < 4.78 is 16.7. The summed E-state index contributed by atoms with van der Waals surface area (Å²) in [7, 11) is 0. The summed E-state index contributed by atoms with van der Waals surface area (Å²) in [6.07, 6.45) is 0. The number of aryl methyl sites for hydroxylation is 1. The Hall–Kier alpha value is -1.82. The Morgan fingerprint density at radius 3 is 2.75 bits per heavy atom. The summed E-state index contributed by atoms with van der Waals surface area (Å²) in [5, 5.41) is 6.69. The van der Waals surface area contributed by atoms with E-state index in [0.29, 0.717) is 10.6 Å². The molecule has 0 spiro atoms. The van der Waals surface area contributed by atoms with E-state index in [1.54, 1.807) is 13.8 Å². The average Bonchev–Trinajstić information content (AvgIpc) is 2.88. The molecule has 20 heavy (non-hydrogen) atoms. The number of nitrogens with one attached hydrogen (secondary N) is 1. The first-order valence-electron chi connectivity index (χ1n) is 6.21. The molecule has 0 aliphatic carbocycles. The number of rotatable bonds is 4. The lowest BCUT2D eigenvalue weighted by molar-refractivity contribution is 0.0904. The third-order valence-corrected chi connectivity index (χ3v) is 3.61. The number of benzene rings is 1. The van der Waals surface area contributed by atoms with Crippen molar-refractivity contribution in [1.29, 1.82) is 0 Å². The maximum Gasteiger partial charge on any atom is 0.265 e. The van der Waals surface area contributed by atoms with Gasteiger partial charge < -0.3 is 5.32 Å². The number of carbonyl (C=O) groups is 1. The fraction of sp³-hybridized carbons (Fsp3) is 0.357. The second-order valence-corrected chi connectivity index (χ2v) is 5.99. The molecule has 6 heteroatoms. The molecule has 1 aromatic heterocycles. The number of hydrogen-bond acceptors (Lipinski definition) is 4. The van der Waals surface area contributed by atoms with Gasteiger partial charge in [-0.15, -0.1) is 5.10 Å². The van der Waals surface area contributed by atoms with Crippen LogP contribution in [0, 0.1) is 6.92 Å². The summed E-state index contributed by atoms with van der Waals surface area (Å²) in [6, 6.07) is 7.64. The van der Waals surface area contributed by atoms with E-state index in [-0.39, 0.29) is 5.91 Å². The predicted octanol–water partition coefficient (Wildman–Crippen LogP) is 2.99. The molecule has 1 N–H and O–H groups in total. The molecule has 1 aromatic carbocycles. The molecule has 0 saturated carbocycles. The van der Waals surface area contributed by atoms with Gasteiger partial charge in [0.2, 0.25) is 0 Å². The number of carbonyl (C=O) groups excluding carboxylic acids is 1. The molecule has 0 aliphatic heterocycles. The van der Waals surface area contributed by atoms with E-state index in [1.165, 1.54) is 0 Å². The highest BCUT2D eigenvalue weighted by Crippen LogP contribution is 2.27. The number of halogens is 1. The molecule has 4 nitrogen and oxygen atoms in total. The molecule has 0 atom stereocenters. The fourth-order valence-corrected chi connectivity index (χ4v) is 2.33. The van der Waals surface area contributed by atoms with Crippen molar-refractivity contribution < 1.29 is 9.18 Å². The van der Waals surface area contributed by atoms with Crippen LogP contribution in [0.1, 0.15) is 29.1 Å². The average molecular weight is 293 g/mol. The van der Waals surface area contributed by atoms with Crippen LogP contribution in [-0.2, 0) is 0 Å². The van der Waals surface area contributed by atoms with Crippen LogP contribution in [0.5, 0.6) is 0 Å². The van der Waals surface area contributed by atoms with Crippen LogP contribution in [0.15, 0.2) is 24.3 Å². The quantitative estimate of drug-likeness (QED) is 0.943. The van der Waals surface area contributed by atoms with Crippen LogP contribution in [0.25, 0.3) is 11.3 Å². The molecule has 0 fully saturated rings. The van der Waals surface area contributed by atoms with Crippen LogP contribution >= 0.6 is 11.5 Å². The van der Waals surface area contributed by atoms with Crippen molar-refractivity contribution in [1.82, 2.24) is 14.9 Å². The number of nitrogens with zero attached hydrogens (tertiary/aromatic N) is 2. The maximum atomic E-state index is 12.8. The first kappa shape index (κ1) is 14.6. The summed E-state index contributed by atoms with van der Waals surface area (Å²) in [6.45, 7) is 4.58. The second-order valence-electron chi connectivity index (χ2n) is 5.24. The lowest BCUT2D eigenvalue weighted by Crippen LogP contribution is -2.45. The zero-order valence-corrected chi connectivity index (χ0v) is 12.4. The first-order chi connectivity index (χ1) is 9.44. The molecule has 0 bridgehead atoms. The lowest BCUT2D eigenvalue weighted by Gasteiger charge is -2.21. The standard InChI is InChI=1S/C14H16FN3OS/c1-9-6-4-5-7-10(9)11-12(20-18-17-11)13(19)16-14(2,3)8-15/h4-7H,8H2,1-3H3,(H,16,19). The zero-order chi connectivity index (χ0) is 14.8. The Morgan fingerprint density at radius 1 is 1.40 bits per heavy atom. The van der Waals surface area contributed by atoms with Crippen LogP contribution in [0.3, 0.4) is 0 Å². The van der Waals surface area contributed by atoms with Crippen molar-refractivity contribution in [2.45, 2.75) is 26.3 Å². The number of hydrogen-bond donors (Lipinski definition) is 1. The predicted molar refractivity (Wildman–Crippen MR) is 77.6 cm³/mol. The molecule has 0 radical (unpaired) electrons. The van der Waals surface area contributed by atoms with E-state index in [2.05, 4.69) is 14.9 Å². The molecular weight excluding hydrogens is 277 g/mol. The number of amides is 1.